The largest absolute Gasteiger partial charge is 0.330 e. The van der Waals surface area contributed by atoms with Crippen LogP contribution in [0.3, 0.4) is 0 Å². The van der Waals surface area contributed by atoms with Crippen molar-refractivity contribution in [2.45, 2.75) is 13.5 Å². The Morgan fingerprint density at radius 3 is 2.62 bits per heavy atom. The molecule has 2 rings (SSSR count). The van der Waals surface area contributed by atoms with Crippen LogP contribution in [0.1, 0.15) is 11.4 Å². The Morgan fingerprint density at radius 1 is 1.31 bits per heavy atom. The number of hydrogen-bond donors (Lipinski definition) is 1. The minimum absolute atomic E-state index is 0.834. The summed E-state index contributed by atoms with van der Waals surface area (Å²) in [6.07, 6.45) is 3.58. The highest BCUT2D eigenvalue weighted by Crippen LogP contribution is 2.20. The van der Waals surface area contributed by atoms with Gasteiger partial charge in [-0.3, -0.25) is 4.98 Å². The monoisotopic (exact) mass is 216 g/mol. The van der Waals surface area contributed by atoms with Crippen LogP contribution in [0.5, 0.6) is 0 Å². The molecule has 0 bridgehead atoms. The molecule has 0 saturated carbocycles. The van der Waals surface area contributed by atoms with E-state index in [-0.39, 0.29) is 0 Å². The van der Waals surface area contributed by atoms with Crippen LogP contribution in [0.25, 0.3) is 11.4 Å². The van der Waals surface area contributed by atoms with Crippen molar-refractivity contribution in [2.75, 3.05) is 7.05 Å². The summed E-state index contributed by atoms with van der Waals surface area (Å²) in [5, 5.41) is 3.16. The fraction of sp³-hybridized carbons (Fsp3) is 0.333. The van der Waals surface area contributed by atoms with Crippen molar-refractivity contribution >= 4 is 0 Å². The first-order chi connectivity index (χ1) is 7.74. The van der Waals surface area contributed by atoms with Crippen molar-refractivity contribution in [1.82, 2.24) is 19.9 Å². The number of pyridine rings is 1. The lowest BCUT2D eigenvalue weighted by molar-refractivity contribution is 0.732. The number of aromatic nitrogens is 3. The summed E-state index contributed by atoms with van der Waals surface area (Å²) in [6.45, 7) is 2.87. The predicted octanol–water partition coefficient (Wildman–Crippen LogP) is 1.51. The van der Waals surface area contributed by atoms with Gasteiger partial charge in [-0.2, -0.15) is 0 Å². The van der Waals surface area contributed by atoms with E-state index in [1.54, 1.807) is 12.4 Å². The van der Waals surface area contributed by atoms with Crippen LogP contribution < -0.4 is 5.32 Å². The van der Waals surface area contributed by atoms with Crippen LogP contribution in [-0.4, -0.2) is 21.6 Å². The fourth-order valence-electron chi connectivity index (χ4n) is 1.84. The molecule has 2 aromatic heterocycles. The van der Waals surface area contributed by atoms with Gasteiger partial charge in [0.1, 0.15) is 5.82 Å². The maximum atomic E-state index is 4.59. The molecule has 16 heavy (non-hydrogen) atoms. The number of imidazole rings is 1. The van der Waals surface area contributed by atoms with Gasteiger partial charge in [0.25, 0.3) is 0 Å². The van der Waals surface area contributed by atoms with Gasteiger partial charge >= 0.3 is 0 Å². The summed E-state index contributed by atoms with van der Waals surface area (Å²) in [5.41, 5.74) is 3.39. The SMILES string of the molecule is CNCc1c(C)nc(-c2ccncc2)n1C. The molecule has 0 unspecified atom stereocenters. The minimum atomic E-state index is 0.834. The number of nitrogens with one attached hydrogen (secondary N) is 1. The first-order valence-corrected chi connectivity index (χ1v) is 5.31. The van der Waals surface area contributed by atoms with E-state index in [1.807, 2.05) is 33.2 Å². The van der Waals surface area contributed by atoms with Crippen molar-refractivity contribution in [3.63, 3.8) is 0 Å². The third-order valence-corrected chi connectivity index (χ3v) is 2.70. The highest BCUT2D eigenvalue weighted by Gasteiger charge is 2.11. The summed E-state index contributed by atoms with van der Waals surface area (Å²) in [4.78, 5) is 8.61. The van der Waals surface area contributed by atoms with E-state index in [9.17, 15) is 0 Å². The Hall–Kier alpha value is -1.68. The van der Waals surface area contributed by atoms with E-state index in [1.165, 1.54) is 5.69 Å². The molecule has 0 saturated heterocycles. The highest BCUT2D eigenvalue weighted by atomic mass is 15.1. The standard InChI is InChI=1S/C12H16N4/c1-9-11(8-13-2)16(3)12(15-9)10-4-6-14-7-5-10/h4-7,13H,8H2,1-3H3. The Bertz CT molecular complexity index is 473. The molecule has 0 aromatic carbocycles. The lowest BCUT2D eigenvalue weighted by atomic mass is 10.2. The van der Waals surface area contributed by atoms with Crippen LogP contribution in [0.4, 0.5) is 0 Å². The molecule has 0 aliphatic rings. The summed E-state index contributed by atoms with van der Waals surface area (Å²) < 4.78 is 2.13. The van der Waals surface area contributed by atoms with Crippen LogP contribution in [0.15, 0.2) is 24.5 Å². The normalized spacial score (nSPS) is 10.7. The van der Waals surface area contributed by atoms with E-state index in [4.69, 9.17) is 0 Å². The van der Waals surface area contributed by atoms with Crippen molar-refractivity contribution < 1.29 is 0 Å². The van der Waals surface area contributed by atoms with Gasteiger partial charge < -0.3 is 9.88 Å². The molecule has 2 heterocycles. The maximum Gasteiger partial charge on any atom is 0.140 e. The van der Waals surface area contributed by atoms with Gasteiger partial charge in [0.05, 0.1) is 11.4 Å². The van der Waals surface area contributed by atoms with E-state index < -0.39 is 0 Å². The maximum absolute atomic E-state index is 4.59. The molecular formula is C12H16N4. The van der Waals surface area contributed by atoms with Crippen LogP contribution in [0, 0.1) is 6.92 Å². The van der Waals surface area contributed by atoms with Crippen molar-refractivity contribution in [2.24, 2.45) is 7.05 Å². The zero-order valence-electron chi connectivity index (χ0n) is 9.86. The van der Waals surface area contributed by atoms with Crippen LogP contribution >= 0.6 is 0 Å². The van der Waals surface area contributed by atoms with Gasteiger partial charge in [0, 0.05) is 31.5 Å². The molecule has 1 N–H and O–H groups in total. The molecule has 0 fully saturated rings. The average molecular weight is 216 g/mol. The predicted molar refractivity (Wildman–Crippen MR) is 63.9 cm³/mol. The Labute approximate surface area is 95.4 Å². The first kappa shape index (κ1) is 10.8. The summed E-state index contributed by atoms with van der Waals surface area (Å²) in [6, 6.07) is 3.95. The van der Waals surface area contributed by atoms with Crippen LogP contribution in [0.2, 0.25) is 0 Å². The number of rotatable bonds is 3. The van der Waals surface area contributed by atoms with E-state index in [0.29, 0.717) is 0 Å². The topological polar surface area (TPSA) is 42.7 Å². The Balaban J connectivity index is 2.47. The highest BCUT2D eigenvalue weighted by molar-refractivity contribution is 5.55. The quantitative estimate of drug-likeness (QED) is 0.845. The fourth-order valence-corrected chi connectivity index (χ4v) is 1.84. The van der Waals surface area contributed by atoms with E-state index >= 15 is 0 Å². The molecule has 4 heteroatoms. The van der Waals surface area contributed by atoms with Gasteiger partial charge in [-0.05, 0) is 26.1 Å². The van der Waals surface area contributed by atoms with Gasteiger partial charge in [0.2, 0.25) is 0 Å². The third-order valence-electron chi connectivity index (χ3n) is 2.70. The lowest BCUT2D eigenvalue weighted by Crippen LogP contribution is -2.10. The van der Waals surface area contributed by atoms with E-state index in [2.05, 4.69) is 19.9 Å². The molecule has 4 nitrogen and oxygen atoms in total. The third kappa shape index (κ3) is 1.84. The molecule has 0 aliphatic carbocycles. The second-order valence-electron chi connectivity index (χ2n) is 3.79. The number of aryl methyl sites for hydroxylation is 1. The molecule has 0 amide bonds. The van der Waals surface area contributed by atoms with E-state index in [0.717, 1.165) is 23.6 Å². The molecule has 2 aromatic rings. The van der Waals surface area contributed by atoms with Gasteiger partial charge in [-0.1, -0.05) is 0 Å². The van der Waals surface area contributed by atoms with Crippen molar-refractivity contribution in [1.29, 1.82) is 0 Å². The summed E-state index contributed by atoms with van der Waals surface area (Å²) >= 11 is 0. The Kier molecular flexibility index (Phi) is 3.01. The van der Waals surface area contributed by atoms with Crippen molar-refractivity contribution in [3.8, 4) is 11.4 Å². The molecule has 0 radical (unpaired) electrons. The van der Waals surface area contributed by atoms with Gasteiger partial charge in [-0.15, -0.1) is 0 Å². The first-order valence-electron chi connectivity index (χ1n) is 5.31. The summed E-state index contributed by atoms with van der Waals surface area (Å²) in [5.74, 6) is 0.991. The number of nitrogens with zero attached hydrogens (tertiary/aromatic N) is 3. The summed E-state index contributed by atoms with van der Waals surface area (Å²) in [7, 11) is 3.99. The second kappa shape index (κ2) is 4.45. The molecule has 0 spiro atoms. The number of hydrogen-bond acceptors (Lipinski definition) is 3. The smallest absolute Gasteiger partial charge is 0.140 e. The molecule has 0 atom stereocenters. The van der Waals surface area contributed by atoms with Crippen molar-refractivity contribution in [3.05, 3.63) is 35.9 Å². The lowest BCUT2D eigenvalue weighted by Gasteiger charge is -2.05. The second-order valence-corrected chi connectivity index (χ2v) is 3.79. The van der Waals surface area contributed by atoms with Crippen LogP contribution in [-0.2, 0) is 13.6 Å². The van der Waals surface area contributed by atoms with Gasteiger partial charge in [-0.25, -0.2) is 4.98 Å². The Morgan fingerprint density at radius 2 is 2.00 bits per heavy atom. The molecule has 84 valence electrons. The zero-order chi connectivity index (χ0) is 11.5. The average Bonchev–Trinajstić information content (AvgIpc) is 2.59. The molecule has 0 aliphatic heterocycles. The van der Waals surface area contributed by atoms with Gasteiger partial charge in [0.15, 0.2) is 0 Å². The molecular weight excluding hydrogens is 200 g/mol. The minimum Gasteiger partial charge on any atom is -0.330 e. The zero-order valence-corrected chi connectivity index (χ0v) is 9.86.